The zero-order valence-corrected chi connectivity index (χ0v) is 9.71. The van der Waals surface area contributed by atoms with E-state index in [2.05, 4.69) is 10.1 Å². The standard InChI is InChI=1S/C13H12N3O/c1-9-8-12(11-6-4-3-5-7-11)16-13(14-9)17-10(2)15-16/h3-8H,1-2H3/q+1. The zero-order chi connectivity index (χ0) is 11.8. The van der Waals surface area contributed by atoms with E-state index in [9.17, 15) is 0 Å². The van der Waals surface area contributed by atoms with E-state index < -0.39 is 0 Å². The van der Waals surface area contributed by atoms with Gasteiger partial charge in [-0.3, -0.25) is 0 Å². The number of hydrogen-bond acceptors (Lipinski definition) is 3. The fourth-order valence-electron chi connectivity index (χ4n) is 1.86. The van der Waals surface area contributed by atoms with Crippen molar-refractivity contribution in [1.82, 2.24) is 10.1 Å². The minimum absolute atomic E-state index is 0.529. The molecule has 0 bridgehead atoms. The van der Waals surface area contributed by atoms with E-state index in [1.807, 2.05) is 50.2 Å². The first kappa shape index (κ1) is 9.96. The van der Waals surface area contributed by atoms with E-state index in [-0.39, 0.29) is 0 Å². The van der Waals surface area contributed by atoms with Gasteiger partial charge in [0.25, 0.3) is 0 Å². The first-order valence-electron chi connectivity index (χ1n) is 5.46. The third-order valence-corrected chi connectivity index (χ3v) is 2.58. The summed E-state index contributed by atoms with van der Waals surface area (Å²) in [4.78, 5) is 4.32. The second kappa shape index (κ2) is 3.66. The molecule has 0 spiro atoms. The van der Waals surface area contributed by atoms with Crippen LogP contribution in [0.4, 0.5) is 0 Å². The maximum atomic E-state index is 5.45. The molecule has 3 rings (SSSR count). The monoisotopic (exact) mass is 226 g/mol. The van der Waals surface area contributed by atoms with Crippen LogP contribution < -0.4 is 4.52 Å². The van der Waals surface area contributed by atoms with Gasteiger partial charge in [-0.1, -0.05) is 34.8 Å². The van der Waals surface area contributed by atoms with Gasteiger partial charge in [0.15, 0.2) is 11.4 Å². The smallest absolute Gasteiger partial charge is 0.369 e. The number of benzene rings is 1. The van der Waals surface area contributed by atoms with Crippen LogP contribution in [0.5, 0.6) is 0 Å². The summed E-state index contributed by atoms with van der Waals surface area (Å²) < 4.78 is 7.19. The number of nitrogens with zero attached hydrogens (tertiary/aromatic N) is 3. The summed E-state index contributed by atoms with van der Waals surface area (Å²) >= 11 is 0. The van der Waals surface area contributed by atoms with Gasteiger partial charge >= 0.3 is 5.84 Å². The molecule has 4 heteroatoms. The van der Waals surface area contributed by atoms with Crippen molar-refractivity contribution in [2.75, 3.05) is 0 Å². The molecule has 0 saturated carbocycles. The zero-order valence-electron chi connectivity index (χ0n) is 9.71. The fraction of sp³-hybridized carbons (Fsp3) is 0.154. The molecular weight excluding hydrogens is 214 g/mol. The van der Waals surface area contributed by atoms with Crippen molar-refractivity contribution >= 4 is 5.84 Å². The summed E-state index contributed by atoms with van der Waals surface area (Å²) in [5.74, 6) is 1.14. The second-order valence-corrected chi connectivity index (χ2v) is 3.96. The largest absolute Gasteiger partial charge is 0.532 e. The molecule has 0 aliphatic heterocycles. The molecule has 0 amide bonds. The predicted molar refractivity (Wildman–Crippen MR) is 62.4 cm³/mol. The maximum Gasteiger partial charge on any atom is 0.532 e. The molecule has 4 nitrogen and oxygen atoms in total. The highest BCUT2D eigenvalue weighted by atomic mass is 16.4. The minimum Gasteiger partial charge on any atom is -0.369 e. The molecule has 0 atom stereocenters. The topological polar surface area (TPSA) is 43.0 Å². The summed E-state index contributed by atoms with van der Waals surface area (Å²) in [6.45, 7) is 3.77. The molecule has 0 aliphatic rings. The van der Waals surface area contributed by atoms with Crippen LogP contribution in [0.25, 0.3) is 17.1 Å². The summed E-state index contributed by atoms with van der Waals surface area (Å²) in [6.07, 6.45) is 0. The van der Waals surface area contributed by atoms with Crippen molar-refractivity contribution in [2.45, 2.75) is 13.8 Å². The van der Waals surface area contributed by atoms with Crippen LogP contribution in [0.15, 0.2) is 40.8 Å². The van der Waals surface area contributed by atoms with Crippen molar-refractivity contribution < 1.29 is 8.93 Å². The van der Waals surface area contributed by atoms with E-state index in [0.717, 1.165) is 17.0 Å². The maximum absolute atomic E-state index is 5.45. The Kier molecular flexibility index (Phi) is 2.14. The van der Waals surface area contributed by atoms with Crippen LogP contribution in [0, 0.1) is 13.8 Å². The van der Waals surface area contributed by atoms with E-state index in [1.54, 1.807) is 4.52 Å². The Hall–Kier alpha value is -2.23. The van der Waals surface area contributed by atoms with E-state index in [1.165, 1.54) is 0 Å². The Bertz CT molecular complexity index is 674. The Morgan fingerprint density at radius 2 is 1.88 bits per heavy atom. The van der Waals surface area contributed by atoms with Gasteiger partial charge in [-0.05, 0) is 10.1 Å². The Balaban J connectivity index is 2.35. The average Bonchev–Trinajstić information content (AvgIpc) is 2.69. The molecule has 2 aromatic heterocycles. The lowest BCUT2D eigenvalue weighted by Crippen LogP contribution is -2.27. The van der Waals surface area contributed by atoms with Crippen molar-refractivity contribution in [3.8, 4) is 11.3 Å². The highest BCUT2D eigenvalue weighted by molar-refractivity contribution is 5.56. The number of rotatable bonds is 1. The van der Waals surface area contributed by atoms with Gasteiger partial charge in [0.2, 0.25) is 5.89 Å². The number of aromatic nitrogens is 3. The number of hydrogen-bond donors (Lipinski definition) is 0. The minimum atomic E-state index is 0.529. The molecule has 1 aromatic carbocycles. The van der Waals surface area contributed by atoms with E-state index >= 15 is 0 Å². The van der Waals surface area contributed by atoms with Gasteiger partial charge in [-0.15, -0.1) is 0 Å². The summed E-state index contributed by atoms with van der Waals surface area (Å²) in [6, 6.07) is 12.1. The summed E-state index contributed by atoms with van der Waals surface area (Å²) in [5.41, 5.74) is 3.01. The Morgan fingerprint density at radius 1 is 1.12 bits per heavy atom. The van der Waals surface area contributed by atoms with Gasteiger partial charge in [-0.2, -0.15) is 0 Å². The van der Waals surface area contributed by atoms with Crippen LogP contribution in [0.1, 0.15) is 11.6 Å². The lowest BCUT2D eigenvalue weighted by Gasteiger charge is -1.96. The predicted octanol–water partition coefficient (Wildman–Crippen LogP) is 2.09. The molecule has 2 heterocycles. The average molecular weight is 226 g/mol. The molecule has 0 unspecified atom stereocenters. The molecule has 3 aromatic rings. The molecule has 0 N–H and O–H groups in total. The van der Waals surface area contributed by atoms with Crippen LogP contribution in [-0.4, -0.2) is 10.1 Å². The lowest BCUT2D eigenvalue weighted by atomic mass is 10.1. The fourth-order valence-corrected chi connectivity index (χ4v) is 1.86. The van der Waals surface area contributed by atoms with E-state index in [0.29, 0.717) is 11.7 Å². The van der Waals surface area contributed by atoms with Crippen molar-refractivity contribution in [3.05, 3.63) is 48.0 Å². The highest BCUT2D eigenvalue weighted by Crippen LogP contribution is 2.16. The van der Waals surface area contributed by atoms with Gasteiger partial charge < -0.3 is 4.42 Å². The number of aryl methyl sites for hydroxylation is 2. The molecule has 0 radical (unpaired) electrons. The normalized spacial score (nSPS) is 10.9. The van der Waals surface area contributed by atoms with E-state index in [4.69, 9.17) is 4.42 Å². The molecular formula is C13H12N3O+. The van der Waals surface area contributed by atoms with Crippen LogP contribution in [0.2, 0.25) is 0 Å². The summed E-state index contributed by atoms with van der Waals surface area (Å²) in [5, 5.41) is 4.32. The molecule has 17 heavy (non-hydrogen) atoms. The third-order valence-electron chi connectivity index (χ3n) is 2.58. The Labute approximate surface area is 98.5 Å². The lowest BCUT2D eigenvalue weighted by molar-refractivity contribution is -0.571. The second-order valence-electron chi connectivity index (χ2n) is 3.96. The SMILES string of the molecule is Cc1cc(-c2ccccc2)[n+]2nc(C)oc2n1. The summed E-state index contributed by atoms with van der Waals surface area (Å²) in [7, 11) is 0. The van der Waals surface area contributed by atoms with Crippen molar-refractivity contribution in [1.29, 1.82) is 0 Å². The van der Waals surface area contributed by atoms with Crippen LogP contribution in [0.3, 0.4) is 0 Å². The molecule has 84 valence electrons. The first-order chi connectivity index (χ1) is 8.24. The van der Waals surface area contributed by atoms with Crippen LogP contribution >= 0.6 is 0 Å². The van der Waals surface area contributed by atoms with Gasteiger partial charge in [0, 0.05) is 25.5 Å². The van der Waals surface area contributed by atoms with Gasteiger partial charge in [0.05, 0.1) is 0 Å². The van der Waals surface area contributed by atoms with Crippen molar-refractivity contribution in [2.24, 2.45) is 0 Å². The van der Waals surface area contributed by atoms with Crippen molar-refractivity contribution in [3.63, 3.8) is 0 Å². The first-order valence-corrected chi connectivity index (χ1v) is 5.46. The quantitative estimate of drug-likeness (QED) is 0.597. The highest BCUT2D eigenvalue weighted by Gasteiger charge is 2.19. The molecule has 0 aliphatic carbocycles. The van der Waals surface area contributed by atoms with Crippen LogP contribution in [-0.2, 0) is 0 Å². The molecule has 0 fully saturated rings. The Morgan fingerprint density at radius 3 is 2.65 bits per heavy atom. The third kappa shape index (κ3) is 1.67. The number of fused-ring (bicyclic) bond motifs is 1. The van der Waals surface area contributed by atoms with Gasteiger partial charge in [0.1, 0.15) is 0 Å². The molecule has 0 saturated heterocycles. The van der Waals surface area contributed by atoms with Gasteiger partial charge in [-0.25, -0.2) is 0 Å².